The van der Waals surface area contributed by atoms with Crippen molar-refractivity contribution >= 4 is 21.6 Å². The molecule has 0 atom stereocenters. The lowest BCUT2D eigenvalue weighted by atomic mass is 10.1. The molecule has 5 heteroatoms. The fourth-order valence-corrected chi connectivity index (χ4v) is 3.59. The SMILES string of the molecule is Cc1ccc(C)c(S(=O)(=O)NCc2cccc(CCl)c2)c1. The van der Waals surface area contributed by atoms with Gasteiger partial charge in [0.1, 0.15) is 0 Å². The molecule has 1 N–H and O–H groups in total. The van der Waals surface area contributed by atoms with Gasteiger partial charge in [-0.1, -0.05) is 36.4 Å². The first-order valence-corrected chi connectivity index (χ1v) is 8.65. The van der Waals surface area contributed by atoms with Crippen molar-refractivity contribution in [1.82, 2.24) is 4.72 Å². The number of halogens is 1. The summed E-state index contributed by atoms with van der Waals surface area (Å²) >= 11 is 5.78. The van der Waals surface area contributed by atoms with Crippen molar-refractivity contribution in [2.45, 2.75) is 31.2 Å². The van der Waals surface area contributed by atoms with E-state index in [1.807, 2.05) is 43.3 Å². The largest absolute Gasteiger partial charge is 0.241 e. The van der Waals surface area contributed by atoms with Crippen molar-refractivity contribution in [2.24, 2.45) is 0 Å². The Morgan fingerprint density at radius 3 is 2.48 bits per heavy atom. The molecule has 0 aliphatic rings. The first-order valence-electron chi connectivity index (χ1n) is 6.63. The van der Waals surface area contributed by atoms with Crippen LogP contribution in [0.1, 0.15) is 22.3 Å². The summed E-state index contributed by atoms with van der Waals surface area (Å²) in [6.45, 7) is 3.92. The van der Waals surface area contributed by atoms with Crippen LogP contribution in [0, 0.1) is 13.8 Å². The Balaban J connectivity index is 2.19. The molecule has 0 radical (unpaired) electrons. The third-order valence-electron chi connectivity index (χ3n) is 3.25. The topological polar surface area (TPSA) is 46.2 Å². The Morgan fingerprint density at radius 1 is 1.05 bits per heavy atom. The second-order valence-corrected chi connectivity index (χ2v) is 7.05. The Kier molecular flexibility index (Phi) is 5.04. The van der Waals surface area contributed by atoms with E-state index in [1.54, 1.807) is 13.0 Å². The van der Waals surface area contributed by atoms with Crippen LogP contribution >= 0.6 is 11.6 Å². The number of sulfonamides is 1. The molecule has 0 aliphatic heterocycles. The van der Waals surface area contributed by atoms with E-state index in [-0.39, 0.29) is 6.54 Å². The Labute approximate surface area is 131 Å². The van der Waals surface area contributed by atoms with Gasteiger partial charge in [0, 0.05) is 12.4 Å². The molecule has 0 saturated carbocycles. The van der Waals surface area contributed by atoms with Crippen molar-refractivity contribution in [3.63, 3.8) is 0 Å². The minimum Gasteiger partial charge on any atom is -0.207 e. The highest BCUT2D eigenvalue weighted by atomic mass is 35.5. The smallest absolute Gasteiger partial charge is 0.207 e. The van der Waals surface area contributed by atoms with E-state index in [9.17, 15) is 8.42 Å². The quantitative estimate of drug-likeness (QED) is 0.856. The van der Waals surface area contributed by atoms with E-state index in [1.165, 1.54) is 0 Å². The lowest BCUT2D eigenvalue weighted by molar-refractivity contribution is 0.580. The fraction of sp³-hybridized carbons (Fsp3) is 0.250. The van der Waals surface area contributed by atoms with E-state index in [2.05, 4.69) is 4.72 Å². The van der Waals surface area contributed by atoms with Gasteiger partial charge in [0.15, 0.2) is 0 Å². The summed E-state index contributed by atoms with van der Waals surface area (Å²) in [6.07, 6.45) is 0. The third-order valence-corrected chi connectivity index (χ3v) is 5.10. The molecule has 0 amide bonds. The second-order valence-electron chi connectivity index (χ2n) is 5.05. The molecule has 0 spiro atoms. The van der Waals surface area contributed by atoms with Crippen LogP contribution in [0.4, 0.5) is 0 Å². The van der Waals surface area contributed by atoms with Gasteiger partial charge in [-0.25, -0.2) is 13.1 Å². The van der Waals surface area contributed by atoms with Gasteiger partial charge in [0.2, 0.25) is 10.0 Å². The van der Waals surface area contributed by atoms with Crippen LogP contribution in [-0.4, -0.2) is 8.42 Å². The number of benzene rings is 2. The normalized spacial score (nSPS) is 11.6. The first-order chi connectivity index (χ1) is 9.92. The minimum atomic E-state index is -3.51. The zero-order valence-corrected chi connectivity index (χ0v) is 13.6. The molecule has 3 nitrogen and oxygen atoms in total. The van der Waals surface area contributed by atoms with Gasteiger partial charge in [-0.15, -0.1) is 11.6 Å². The predicted molar refractivity (Wildman–Crippen MR) is 85.9 cm³/mol. The van der Waals surface area contributed by atoms with Crippen LogP contribution in [0.3, 0.4) is 0 Å². The molecule has 0 aliphatic carbocycles. The van der Waals surface area contributed by atoms with Crippen LogP contribution < -0.4 is 4.72 Å². The van der Waals surface area contributed by atoms with Crippen LogP contribution in [-0.2, 0) is 22.4 Å². The maximum atomic E-state index is 12.4. The minimum absolute atomic E-state index is 0.250. The molecule has 2 aromatic rings. The number of nitrogens with one attached hydrogen (secondary N) is 1. The molecule has 0 heterocycles. The summed E-state index contributed by atoms with van der Waals surface area (Å²) in [4.78, 5) is 0.330. The second kappa shape index (κ2) is 6.60. The van der Waals surface area contributed by atoms with Gasteiger partial charge < -0.3 is 0 Å². The predicted octanol–water partition coefficient (Wildman–Crippen LogP) is 3.52. The van der Waals surface area contributed by atoms with Crippen LogP contribution in [0.25, 0.3) is 0 Å². The summed E-state index contributed by atoms with van der Waals surface area (Å²) in [7, 11) is -3.51. The summed E-state index contributed by atoms with van der Waals surface area (Å²) in [6, 6.07) is 13.0. The van der Waals surface area contributed by atoms with E-state index in [0.29, 0.717) is 10.8 Å². The molecular formula is C16H18ClNO2S. The molecule has 0 bridgehead atoms. The maximum Gasteiger partial charge on any atom is 0.241 e. The maximum absolute atomic E-state index is 12.4. The summed E-state index contributed by atoms with van der Waals surface area (Å²) in [5, 5.41) is 0. The summed E-state index contributed by atoms with van der Waals surface area (Å²) < 4.78 is 27.4. The molecule has 2 aromatic carbocycles. The van der Waals surface area contributed by atoms with Crippen molar-refractivity contribution in [3.05, 3.63) is 64.7 Å². The van der Waals surface area contributed by atoms with Crippen molar-refractivity contribution in [2.75, 3.05) is 0 Å². The lowest BCUT2D eigenvalue weighted by Crippen LogP contribution is -2.24. The molecule has 21 heavy (non-hydrogen) atoms. The Bertz CT molecular complexity index is 742. The molecule has 0 unspecified atom stereocenters. The fourth-order valence-electron chi connectivity index (χ4n) is 2.08. The highest BCUT2D eigenvalue weighted by Crippen LogP contribution is 2.17. The molecule has 112 valence electrons. The highest BCUT2D eigenvalue weighted by molar-refractivity contribution is 7.89. The van der Waals surface area contributed by atoms with Crippen molar-refractivity contribution in [3.8, 4) is 0 Å². The highest BCUT2D eigenvalue weighted by Gasteiger charge is 2.16. The number of hydrogen-bond donors (Lipinski definition) is 1. The Morgan fingerprint density at radius 2 is 1.76 bits per heavy atom. The monoisotopic (exact) mass is 323 g/mol. The number of alkyl halides is 1. The van der Waals surface area contributed by atoms with Gasteiger partial charge in [-0.2, -0.15) is 0 Å². The Hall–Kier alpha value is -1.36. The standard InChI is InChI=1S/C16H18ClNO2S/c1-12-6-7-13(2)16(8-12)21(19,20)18-11-15-5-3-4-14(9-15)10-17/h3-9,18H,10-11H2,1-2H3. The van der Waals surface area contributed by atoms with E-state index in [4.69, 9.17) is 11.6 Å². The number of hydrogen-bond acceptors (Lipinski definition) is 2. The van der Waals surface area contributed by atoms with Gasteiger partial charge in [-0.3, -0.25) is 0 Å². The van der Waals surface area contributed by atoms with Crippen molar-refractivity contribution < 1.29 is 8.42 Å². The molecule has 0 saturated heterocycles. The molecule has 0 aromatic heterocycles. The first kappa shape index (κ1) is 16.0. The molecule has 2 rings (SSSR count). The average Bonchev–Trinajstić information content (AvgIpc) is 2.48. The molecular weight excluding hydrogens is 306 g/mol. The molecule has 0 fully saturated rings. The van der Waals surface area contributed by atoms with Gasteiger partial charge in [-0.05, 0) is 42.2 Å². The summed E-state index contributed by atoms with van der Waals surface area (Å²) in [5.74, 6) is 0.414. The lowest BCUT2D eigenvalue weighted by Gasteiger charge is -2.10. The van der Waals surface area contributed by atoms with E-state index >= 15 is 0 Å². The van der Waals surface area contributed by atoms with Gasteiger partial charge >= 0.3 is 0 Å². The van der Waals surface area contributed by atoms with Crippen LogP contribution in [0.5, 0.6) is 0 Å². The zero-order valence-electron chi connectivity index (χ0n) is 12.1. The number of rotatable bonds is 5. The van der Waals surface area contributed by atoms with Crippen LogP contribution in [0.2, 0.25) is 0 Å². The number of aryl methyl sites for hydroxylation is 2. The average molecular weight is 324 g/mol. The van der Waals surface area contributed by atoms with E-state index in [0.717, 1.165) is 22.3 Å². The van der Waals surface area contributed by atoms with Crippen LogP contribution in [0.15, 0.2) is 47.4 Å². The van der Waals surface area contributed by atoms with E-state index < -0.39 is 10.0 Å². The third kappa shape index (κ3) is 4.06. The van der Waals surface area contributed by atoms with Gasteiger partial charge in [0.05, 0.1) is 4.90 Å². The summed E-state index contributed by atoms with van der Waals surface area (Å²) in [5.41, 5.74) is 3.52. The van der Waals surface area contributed by atoms with Crippen molar-refractivity contribution in [1.29, 1.82) is 0 Å². The van der Waals surface area contributed by atoms with Gasteiger partial charge in [0.25, 0.3) is 0 Å². The zero-order chi connectivity index (χ0) is 15.5.